The molecule has 2 aromatic rings. The van der Waals surface area contributed by atoms with Gasteiger partial charge in [0.25, 0.3) is 5.91 Å². The van der Waals surface area contributed by atoms with Crippen molar-refractivity contribution in [1.29, 1.82) is 0 Å². The first kappa shape index (κ1) is 18.8. The van der Waals surface area contributed by atoms with Crippen LogP contribution in [0.1, 0.15) is 34.2 Å². The van der Waals surface area contributed by atoms with Crippen molar-refractivity contribution < 1.29 is 4.79 Å². The molecule has 2 heterocycles. The zero-order valence-electron chi connectivity index (χ0n) is 10.8. The lowest BCUT2D eigenvalue weighted by atomic mass is 10.2. The van der Waals surface area contributed by atoms with Crippen LogP contribution < -0.4 is 11.1 Å². The Morgan fingerprint density at radius 1 is 1.45 bits per heavy atom. The van der Waals surface area contributed by atoms with Crippen molar-refractivity contribution in [1.82, 2.24) is 15.3 Å². The van der Waals surface area contributed by atoms with Gasteiger partial charge in [-0.05, 0) is 19.1 Å². The lowest BCUT2D eigenvalue weighted by Crippen LogP contribution is -2.27. The minimum absolute atomic E-state index is 0. The van der Waals surface area contributed by atoms with Crippen molar-refractivity contribution in [2.75, 3.05) is 0 Å². The first-order chi connectivity index (χ1) is 8.70. The van der Waals surface area contributed by atoms with Gasteiger partial charge in [0.05, 0.1) is 11.7 Å². The summed E-state index contributed by atoms with van der Waals surface area (Å²) in [7, 11) is 0. The Balaban J connectivity index is 0.00000180. The first-order valence-electron chi connectivity index (χ1n) is 5.57. The average Bonchev–Trinajstić information content (AvgIpc) is 2.88. The van der Waals surface area contributed by atoms with Gasteiger partial charge >= 0.3 is 0 Å². The molecule has 8 heteroatoms. The predicted octanol–water partition coefficient (Wildman–Crippen LogP) is 2.33. The van der Waals surface area contributed by atoms with Crippen LogP contribution in [0.5, 0.6) is 0 Å². The summed E-state index contributed by atoms with van der Waals surface area (Å²) in [6.45, 7) is 2.24. The van der Waals surface area contributed by atoms with Gasteiger partial charge < -0.3 is 11.1 Å². The molecule has 0 aliphatic rings. The number of thiazole rings is 1. The second-order valence-corrected chi connectivity index (χ2v) is 4.72. The van der Waals surface area contributed by atoms with E-state index >= 15 is 0 Å². The number of nitrogens with two attached hydrogens (primary N) is 1. The van der Waals surface area contributed by atoms with Gasteiger partial charge in [0.2, 0.25) is 0 Å². The zero-order valence-corrected chi connectivity index (χ0v) is 13.2. The van der Waals surface area contributed by atoms with Crippen LogP contribution in [-0.2, 0) is 6.54 Å². The van der Waals surface area contributed by atoms with Crippen molar-refractivity contribution in [2.45, 2.75) is 19.5 Å². The molecular formula is C12H16Cl2N4OS. The molecule has 0 spiro atoms. The van der Waals surface area contributed by atoms with E-state index in [2.05, 4.69) is 15.3 Å². The molecule has 1 amide bonds. The summed E-state index contributed by atoms with van der Waals surface area (Å²) in [4.78, 5) is 20.3. The normalized spacial score (nSPS) is 10.9. The maximum Gasteiger partial charge on any atom is 0.271 e. The maximum absolute atomic E-state index is 11.9. The largest absolute Gasteiger partial charge is 0.343 e. The van der Waals surface area contributed by atoms with Crippen molar-refractivity contribution in [2.24, 2.45) is 5.73 Å². The van der Waals surface area contributed by atoms with Crippen LogP contribution in [0.3, 0.4) is 0 Å². The predicted molar refractivity (Wildman–Crippen MR) is 84.6 cm³/mol. The number of hydrogen-bond acceptors (Lipinski definition) is 5. The Bertz CT molecular complexity index is 535. The molecule has 0 saturated carbocycles. The highest BCUT2D eigenvalue weighted by molar-refractivity contribution is 7.09. The molecule has 3 N–H and O–H groups in total. The minimum Gasteiger partial charge on any atom is -0.343 e. The highest BCUT2D eigenvalue weighted by atomic mass is 35.5. The van der Waals surface area contributed by atoms with E-state index in [0.29, 0.717) is 12.2 Å². The Morgan fingerprint density at radius 3 is 2.75 bits per heavy atom. The Labute approximate surface area is 133 Å². The highest BCUT2D eigenvalue weighted by Gasteiger charge is 2.14. The summed E-state index contributed by atoms with van der Waals surface area (Å²) < 4.78 is 0. The molecule has 0 saturated heterocycles. The average molecular weight is 335 g/mol. The summed E-state index contributed by atoms with van der Waals surface area (Å²) in [6, 6.07) is 5.45. The molecule has 0 radical (unpaired) electrons. The molecule has 0 bridgehead atoms. The van der Waals surface area contributed by atoms with E-state index in [1.807, 2.05) is 25.1 Å². The van der Waals surface area contributed by atoms with Gasteiger partial charge in [0, 0.05) is 18.1 Å². The van der Waals surface area contributed by atoms with Gasteiger partial charge in [-0.25, -0.2) is 4.98 Å². The van der Waals surface area contributed by atoms with Gasteiger partial charge in [0.15, 0.2) is 0 Å². The standard InChI is InChI=1S/C12H14N4OS.2ClH/c1-8(9-4-2-3-5-14-9)15-12(17)10-7-18-11(6-13)16-10;;/h2-5,7-8H,6,13H2,1H3,(H,15,17);2*1H. The Kier molecular flexibility index (Phi) is 8.33. The maximum atomic E-state index is 11.9. The smallest absolute Gasteiger partial charge is 0.271 e. The number of halogens is 2. The summed E-state index contributed by atoms with van der Waals surface area (Å²) >= 11 is 1.39. The van der Waals surface area contributed by atoms with Gasteiger partial charge in [0.1, 0.15) is 10.7 Å². The molecular weight excluding hydrogens is 319 g/mol. The van der Waals surface area contributed by atoms with Gasteiger partial charge in [-0.1, -0.05) is 6.07 Å². The molecule has 2 rings (SSSR count). The van der Waals surface area contributed by atoms with E-state index in [9.17, 15) is 4.79 Å². The van der Waals surface area contributed by atoms with Crippen molar-refractivity contribution in [3.05, 3.63) is 46.2 Å². The van der Waals surface area contributed by atoms with E-state index < -0.39 is 0 Å². The van der Waals surface area contributed by atoms with Crippen LogP contribution in [0, 0.1) is 0 Å². The van der Waals surface area contributed by atoms with Crippen LogP contribution in [-0.4, -0.2) is 15.9 Å². The van der Waals surface area contributed by atoms with E-state index in [1.165, 1.54) is 11.3 Å². The second-order valence-electron chi connectivity index (χ2n) is 3.78. The molecule has 0 aliphatic heterocycles. The minimum atomic E-state index is -0.205. The van der Waals surface area contributed by atoms with Gasteiger partial charge in [-0.15, -0.1) is 36.2 Å². The third-order valence-corrected chi connectivity index (χ3v) is 3.31. The molecule has 2 aromatic heterocycles. The molecule has 110 valence electrons. The molecule has 0 fully saturated rings. The molecule has 0 aliphatic carbocycles. The van der Waals surface area contributed by atoms with Crippen molar-refractivity contribution in [3.63, 3.8) is 0 Å². The summed E-state index contributed by atoms with van der Waals surface area (Å²) in [5, 5.41) is 5.32. The van der Waals surface area contributed by atoms with Crippen LogP contribution in [0.4, 0.5) is 0 Å². The fraction of sp³-hybridized carbons (Fsp3) is 0.250. The highest BCUT2D eigenvalue weighted by Crippen LogP contribution is 2.12. The number of pyridine rings is 1. The lowest BCUT2D eigenvalue weighted by molar-refractivity contribution is 0.0934. The Morgan fingerprint density at radius 2 is 2.20 bits per heavy atom. The monoisotopic (exact) mass is 334 g/mol. The number of hydrogen-bond donors (Lipinski definition) is 2. The van der Waals surface area contributed by atoms with E-state index in [-0.39, 0.29) is 36.8 Å². The molecule has 1 unspecified atom stereocenters. The summed E-state index contributed by atoms with van der Waals surface area (Å²) in [6.07, 6.45) is 1.70. The number of rotatable bonds is 4. The SMILES string of the molecule is CC(NC(=O)c1csc(CN)n1)c1ccccn1.Cl.Cl. The number of nitrogens with one attached hydrogen (secondary N) is 1. The number of aromatic nitrogens is 2. The van der Waals surface area contributed by atoms with E-state index in [4.69, 9.17) is 5.73 Å². The van der Waals surface area contributed by atoms with Crippen LogP contribution in [0.2, 0.25) is 0 Å². The molecule has 5 nitrogen and oxygen atoms in total. The first-order valence-corrected chi connectivity index (χ1v) is 6.45. The zero-order chi connectivity index (χ0) is 13.0. The number of amides is 1. The van der Waals surface area contributed by atoms with E-state index in [0.717, 1.165) is 10.7 Å². The van der Waals surface area contributed by atoms with Crippen molar-refractivity contribution in [3.8, 4) is 0 Å². The molecule has 20 heavy (non-hydrogen) atoms. The quantitative estimate of drug-likeness (QED) is 0.899. The fourth-order valence-electron chi connectivity index (χ4n) is 1.49. The van der Waals surface area contributed by atoms with E-state index in [1.54, 1.807) is 11.6 Å². The number of nitrogens with zero attached hydrogens (tertiary/aromatic N) is 2. The fourth-order valence-corrected chi connectivity index (χ4v) is 2.14. The second kappa shape index (κ2) is 8.86. The van der Waals surface area contributed by atoms with Crippen molar-refractivity contribution >= 4 is 42.1 Å². The van der Waals surface area contributed by atoms with Crippen LogP contribution >= 0.6 is 36.2 Å². The molecule has 0 aromatic carbocycles. The summed E-state index contributed by atoms with van der Waals surface area (Å²) in [5.74, 6) is -0.205. The lowest BCUT2D eigenvalue weighted by Gasteiger charge is -2.11. The topological polar surface area (TPSA) is 80.9 Å². The number of carbonyl (C=O) groups excluding carboxylic acids is 1. The van der Waals surface area contributed by atoms with Crippen LogP contribution in [0.15, 0.2) is 29.8 Å². The summed E-state index contributed by atoms with van der Waals surface area (Å²) in [5.41, 5.74) is 6.69. The van der Waals surface area contributed by atoms with Gasteiger partial charge in [-0.3, -0.25) is 9.78 Å². The third-order valence-electron chi connectivity index (χ3n) is 2.44. The number of carbonyl (C=O) groups is 1. The Hall–Kier alpha value is -1.21. The van der Waals surface area contributed by atoms with Gasteiger partial charge in [-0.2, -0.15) is 0 Å². The molecule has 1 atom stereocenters. The van der Waals surface area contributed by atoms with Crippen LogP contribution in [0.25, 0.3) is 0 Å². The third kappa shape index (κ3) is 4.72.